The monoisotopic (exact) mass is 494 g/mol. The molecule has 1 N–H and O–H groups in total. The van der Waals surface area contributed by atoms with E-state index in [1.54, 1.807) is 18.3 Å². The van der Waals surface area contributed by atoms with Gasteiger partial charge in [0.2, 0.25) is 5.78 Å². The number of hydrogen-bond donors (Lipinski definition) is 1. The summed E-state index contributed by atoms with van der Waals surface area (Å²) in [5.74, 6) is -0.0593. The second kappa shape index (κ2) is 10.2. The fourth-order valence-corrected chi connectivity index (χ4v) is 4.29. The first-order valence-corrected chi connectivity index (χ1v) is 12.6. The van der Waals surface area contributed by atoms with Crippen molar-refractivity contribution in [3.05, 3.63) is 86.4 Å². The Morgan fingerprint density at radius 3 is 2.41 bits per heavy atom. The number of ketones is 1. The Morgan fingerprint density at radius 2 is 1.78 bits per heavy atom. The average molecular weight is 495 g/mol. The minimum absolute atomic E-state index is 0.0201. The topological polar surface area (TPSA) is 89.1 Å². The number of nitrogens with zero attached hydrogens (tertiary/aromatic N) is 1. The summed E-state index contributed by atoms with van der Waals surface area (Å²) in [6.07, 6.45) is 3.54. The van der Waals surface area contributed by atoms with Crippen molar-refractivity contribution >= 4 is 39.1 Å². The van der Waals surface area contributed by atoms with Gasteiger partial charge in [-0.25, -0.2) is 4.98 Å². The van der Waals surface area contributed by atoms with Crippen LogP contribution in [-0.4, -0.2) is 37.0 Å². The van der Waals surface area contributed by atoms with E-state index in [1.807, 2.05) is 38.1 Å². The summed E-state index contributed by atoms with van der Waals surface area (Å²) in [5.41, 5.74) is 4.21. The van der Waals surface area contributed by atoms with Crippen molar-refractivity contribution in [3.8, 4) is 0 Å². The number of benzene rings is 2. The number of hydrogen-bond acceptors (Lipinski definition) is 5. The first-order chi connectivity index (χ1) is 15.0. The molecule has 170 valence electrons. The number of aromatic amines is 1. The fraction of sp³-hybridized carbons (Fsp3) is 0.304. The van der Waals surface area contributed by atoms with E-state index >= 15 is 0 Å². The summed E-state index contributed by atoms with van der Waals surface area (Å²) >= 11 is 12.2. The van der Waals surface area contributed by atoms with Crippen LogP contribution >= 0.6 is 23.2 Å². The molecule has 0 bridgehead atoms. The molecule has 0 aliphatic heterocycles. The lowest BCUT2D eigenvalue weighted by Gasteiger charge is -2.17. The first kappa shape index (κ1) is 24.5. The third-order valence-electron chi connectivity index (χ3n) is 4.97. The molecule has 1 unspecified atom stereocenters. The summed E-state index contributed by atoms with van der Waals surface area (Å²) < 4.78 is 27.6. The van der Waals surface area contributed by atoms with Crippen LogP contribution in [0.1, 0.15) is 50.9 Å². The number of carbonyl (C=O) groups excluding carboxylic acids is 1. The predicted molar refractivity (Wildman–Crippen MR) is 126 cm³/mol. The van der Waals surface area contributed by atoms with Gasteiger partial charge in [-0.2, -0.15) is 8.42 Å². The summed E-state index contributed by atoms with van der Waals surface area (Å²) in [5, 5.41) is 0.845. The lowest BCUT2D eigenvalue weighted by Crippen LogP contribution is -2.11. The van der Waals surface area contributed by atoms with E-state index in [9.17, 15) is 13.2 Å². The third kappa shape index (κ3) is 6.65. The van der Waals surface area contributed by atoms with Crippen LogP contribution in [0.3, 0.4) is 0 Å². The zero-order valence-electron chi connectivity index (χ0n) is 18.0. The molecule has 1 heterocycles. The number of nitrogens with one attached hydrogen (secondary N) is 1. The molecule has 1 atom stereocenters. The molecular weight excluding hydrogens is 471 g/mol. The lowest BCUT2D eigenvalue weighted by atomic mass is 9.91. The minimum atomic E-state index is -3.55. The number of rotatable bonds is 9. The van der Waals surface area contributed by atoms with Crippen LogP contribution < -0.4 is 0 Å². The maximum Gasteiger partial charge on any atom is 0.264 e. The Kier molecular flexibility index (Phi) is 7.77. The molecule has 0 spiro atoms. The molecule has 0 amide bonds. The van der Waals surface area contributed by atoms with E-state index in [4.69, 9.17) is 27.4 Å². The van der Waals surface area contributed by atoms with Crippen LogP contribution in [-0.2, 0) is 20.7 Å². The van der Waals surface area contributed by atoms with Crippen molar-refractivity contribution in [3.63, 3.8) is 0 Å². The molecule has 0 saturated carbocycles. The number of imidazole rings is 1. The van der Waals surface area contributed by atoms with E-state index in [2.05, 4.69) is 9.97 Å². The van der Waals surface area contributed by atoms with Gasteiger partial charge in [0.05, 0.1) is 22.9 Å². The van der Waals surface area contributed by atoms with Gasteiger partial charge >= 0.3 is 0 Å². The Hall–Kier alpha value is -2.19. The zero-order valence-corrected chi connectivity index (χ0v) is 20.3. The highest BCUT2D eigenvalue weighted by molar-refractivity contribution is 7.85. The largest absolute Gasteiger partial charge is 0.339 e. The van der Waals surface area contributed by atoms with Crippen molar-refractivity contribution in [1.82, 2.24) is 9.97 Å². The Morgan fingerprint density at radius 1 is 1.09 bits per heavy atom. The van der Waals surface area contributed by atoms with Gasteiger partial charge in [0, 0.05) is 17.5 Å². The summed E-state index contributed by atoms with van der Waals surface area (Å²) in [6, 6.07) is 11.0. The standard InChI is InChI=1S/C23H24Cl2N2O4S/c1-14-8-15(2)10-18(9-14)22(28)23-26-13-19(27-23)11-17(6-7-31-32(3,29)30)16-4-5-20(24)21(25)12-16/h4-5,8-10,12-13,17H,6-7,11H2,1-3H3,(H,26,27). The van der Waals surface area contributed by atoms with Gasteiger partial charge in [-0.1, -0.05) is 46.5 Å². The molecule has 2 aromatic carbocycles. The number of aryl methyl sites for hydroxylation is 2. The molecule has 0 aliphatic rings. The summed E-state index contributed by atoms with van der Waals surface area (Å²) in [6.45, 7) is 3.90. The molecule has 0 aliphatic carbocycles. The fourth-order valence-electron chi connectivity index (χ4n) is 3.58. The molecule has 1 aromatic heterocycles. The number of H-pyrrole nitrogens is 1. The number of aromatic nitrogens is 2. The molecular formula is C23H24Cl2N2O4S. The van der Waals surface area contributed by atoms with Crippen molar-refractivity contribution < 1.29 is 17.4 Å². The van der Waals surface area contributed by atoms with Gasteiger partial charge in [0.15, 0.2) is 5.82 Å². The number of carbonyl (C=O) groups is 1. The second-order valence-corrected chi connectivity index (χ2v) is 10.3. The second-order valence-electron chi connectivity index (χ2n) is 7.85. The van der Waals surface area contributed by atoms with E-state index in [0.717, 1.165) is 28.6 Å². The van der Waals surface area contributed by atoms with Crippen LogP contribution in [0.2, 0.25) is 10.0 Å². The minimum Gasteiger partial charge on any atom is -0.339 e. The van der Waals surface area contributed by atoms with Crippen LogP contribution in [0, 0.1) is 13.8 Å². The summed E-state index contributed by atoms with van der Waals surface area (Å²) in [4.78, 5) is 20.2. The van der Waals surface area contributed by atoms with E-state index < -0.39 is 10.1 Å². The SMILES string of the molecule is Cc1cc(C)cc(C(=O)c2ncc(CC(CCOS(C)(=O)=O)c3ccc(Cl)c(Cl)c3)[nH]2)c1. The van der Waals surface area contributed by atoms with E-state index in [-0.39, 0.29) is 24.1 Å². The Labute approximate surface area is 198 Å². The maximum absolute atomic E-state index is 12.9. The van der Waals surface area contributed by atoms with E-state index in [0.29, 0.717) is 28.5 Å². The smallest absolute Gasteiger partial charge is 0.264 e. The highest BCUT2D eigenvalue weighted by Crippen LogP contribution is 2.30. The average Bonchev–Trinajstić information content (AvgIpc) is 3.15. The Bertz CT molecular complexity index is 1220. The normalized spacial score (nSPS) is 12.7. The molecule has 3 aromatic rings. The molecule has 9 heteroatoms. The summed E-state index contributed by atoms with van der Waals surface area (Å²) in [7, 11) is -3.55. The number of halogens is 2. The van der Waals surface area contributed by atoms with Crippen LogP contribution in [0.4, 0.5) is 0 Å². The molecule has 0 radical (unpaired) electrons. The van der Waals surface area contributed by atoms with Gasteiger partial charge in [0.1, 0.15) is 0 Å². The molecule has 6 nitrogen and oxygen atoms in total. The predicted octanol–water partition coefficient (Wildman–Crippen LogP) is 5.26. The maximum atomic E-state index is 12.9. The quantitative estimate of drug-likeness (QED) is 0.323. The Balaban J connectivity index is 1.82. The lowest BCUT2D eigenvalue weighted by molar-refractivity contribution is 0.103. The first-order valence-electron chi connectivity index (χ1n) is 9.98. The molecule has 0 fully saturated rings. The third-order valence-corrected chi connectivity index (χ3v) is 6.31. The highest BCUT2D eigenvalue weighted by atomic mass is 35.5. The van der Waals surface area contributed by atoms with Crippen LogP contribution in [0.5, 0.6) is 0 Å². The zero-order chi connectivity index (χ0) is 23.5. The van der Waals surface area contributed by atoms with E-state index in [1.165, 1.54) is 0 Å². The van der Waals surface area contributed by atoms with Gasteiger partial charge in [0.25, 0.3) is 10.1 Å². The highest BCUT2D eigenvalue weighted by Gasteiger charge is 2.19. The molecule has 3 rings (SSSR count). The van der Waals surface area contributed by atoms with Gasteiger partial charge in [-0.15, -0.1) is 0 Å². The van der Waals surface area contributed by atoms with Crippen molar-refractivity contribution in [1.29, 1.82) is 0 Å². The van der Waals surface area contributed by atoms with Gasteiger partial charge in [-0.05, 0) is 62.4 Å². The van der Waals surface area contributed by atoms with Crippen LogP contribution in [0.15, 0.2) is 42.6 Å². The molecule has 0 saturated heterocycles. The molecule has 32 heavy (non-hydrogen) atoms. The van der Waals surface area contributed by atoms with Gasteiger partial charge < -0.3 is 4.98 Å². The van der Waals surface area contributed by atoms with Crippen molar-refractivity contribution in [2.45, 2.75) is 32.6 Å². The van der Waals surface area contributed by atoms with Crippen molar-refractivity contribution in [2.24, 2.45) is 0 Å². The van der Waals surface area contributed by atoms with Gasteiger partial charge in [-0.3, -0.25) is 8.98 Å². The van der Waals surface area contributed by atoms with Crippen LogP contribution in [0.25, 0.3) is 0 Å². The van der Waals surface area contributed by atoms with Crippen molar-refractivity contribution in [2.75, 3.05) is 12.9 Å².